The largest absolute Gasteiger partial charge is 0.398 e. The number of nitro groups is 1. The number of benzene rings is 2. The zero-order chi connectivity index (χ0) is 14.7. The van der Waals surface area contributed by atoms with Gasteiger partial charge in [0.05, 0.1) is 4.92 Å². The first kappa shape index (κ1) is 14.3. The van der Waals surface area contributed by atoms with Crippen molar-refractivity contribution < 1.29 is 9.31 Å². The van der Waals surface area contributed by atoms with Crippen LogP contribution < -0.4 is 5.73 Å². The van der Waals surface area contributed by atoms with Gasteiger partial charge >= 0.3 is 5.69 Å². The molecule has 0 spiro atoms. The third-order valence-corrected chi connectivity index (χ3v) is 4.03. The number of thioether (sulfide) groups is 1. The number of hydrogen-bond donors (Lipinski definition) is 1. The highest BCUT2D eigenvalue weighted by Crippen LogP contribution is 2.30. The topological polar surface area (TPSA) is 69.2 Å². The first-order valence-electron chi connectivity index (χ1n) is 5.89. The Bertz CT molecular complexity index is 662. The highest BCUT2D eigenvalue weighted by molar-refractivity contribution is 7.98. The number of rotatable bonds is 4. The van der Waals surface area contributed by atoms with Gasteiger partial charge < -0.3 is 5.73 Å². The van der Waals surface area contributed by atoms with Crippen molar-refractivity contribution in [1.82, 2.24) is 0 Å². The van der Waals surface area contributed by atoms with Crippen LogP contribution in [-0.4, -0.2) is 4.92 Å². The minimum Gasteiger partial charge on any atom is -0.398 e. The molecule has 0 atom stereocenters. The molecule has 0 bridgehead atoms. The molecule has 0 aromatic heterocycles. The molecule has 4 nitrogen and oxygen atoms in total. The average molecular weight is 292 g/mol. The fourth-order valence-electron chi connectivity index (χ4n) is 1.73. The number of para-hydroxylation sites is 1. The third kappa shape index (κ3) is 3.08. The highest BCUT2D eigenvalue weighted by atomic mass is 32.2. The van der Waals surface area contributed by atoms with Gasteiger partial charge in [-0.1, -0.05) is 18.2 Å². The number of halogens is 1. The number of anilines is 1. The number of nitrogens with zero attached hydrogens (tertiary/aromatic N) is 1. The van der Waals surface area contributed by atoms with Crippen LogP contribution in [-0.2, 0) is 5.75 Å². The molecule has 0 aliphatic carbocycles. The Morgan fingerprint density at radius 3 is 2.75 bits per heavy atom. The van der Waals surface area contributed by atoms with Crippen LogP contribution in [0.3, 0.4) is 0 Å². The van der Waals surface area contributed by atoms with Crippen molar-refractivity contribution in [3.63, 3.8) is 0 Å². The van der Waals surface area contributed by atoms with Gasteiger partial charge in [0, 0.05) is 22.4 Å². The molecular weight excluding hydrogens is 279 g/mol. The molecule has 6 heteroatoms. The monoisotopic (exact) mass is 292 g/mol. The molecule has 2 aromatic carbocycles. The summed E-state index contributed by atoms with van der Waals surface area (Å²) < 4.78 is 13.5. The van der Waals surface area contributed by atoms with E-state index in [1.165, 1.54) is 23.9 Å². The minimum absolute atomic E-state index is 0.503. The second-order valence-corrected chi connectivity index (χ2v) is 5.34. The van der Waals surface area contributed by atoms with Crippen molar-refractivity contribution in [3.8, 4) is 0 Å². The van der Waals surface area contributed by atoms with Gasteiger partial charge in [-0.2, -0.15) is 4.39 Å². The lowest BCUT2D eigenvalue weighted by Crippen LogP contribution is -1.94. The molecule has 0 aliphatic rings. The van der Waals surface area contributed by atoms with E-state index in [1.807, 2.05) is 25.1 Å². The summed E-state index contributed by atoms with van der Waals surface area (Å²) in [4.78, 5) is 10.7. The molecule has 0 fully saturated rings. The fourth-order valence-corrected chi connectivity index (χ4v) is 2.72. The molecular formula is C14H13FN2O2S. The zero-order valence-corrected chi connectivity index (χ0v) is 11.6. The molecule has 2 rings (SSSR count). The summed E-state index contributed by atoms with van der Waals surface area (Å²) in [5.74, 6) is -0.312. The lowest BCUT2D eigenvalue weighted by molar-refractivity contribution is -0.387. The summed E-state index contributed by atoms with van der Waals surface area (Å²) in [6.07, 6.45) is 0. The van der Waals surface area contributed by atoms with E-state index in [4.69, 9.17) is 5.73 Å². The molecule has 104 valence electrons. The van der Waals surface area contributed by atoms with E-state index in [9.17, 15) is 14.5 Å². The maximum absolute atomic E-state index is 13.5. The smallest absolute Gasteiger partial charge is 0.304 e. The van der Waals surface area contributed by atoms with E-state index >= 15 is 0 Å². The Hall–Kier alpha value is -2.08. The van der Waals surface area contributed by atoms with Crippen LogP contribution in [0.2, 0.25) is 0 Å². The Morgan fingerprint density at radius 2 is 2.10 bits per heavy atom. The molecule has 0 radical (unpaired) electrons. The zero-order valence-electron chi connectivity index (χ0n) is 10.8. The van der Waals surface area contributed by atoms with E-state index in [-0.39, 0.29) is 0 Å². The van der Waals surface area contributed by atoms with E-state index in [1.54, 1.807) is 6.07 Å². The number of aryl methyl sites for hydroxylation is 1. The third-order valence-electron chi connectivity index (χ3n) is 2.89. The van der Waals surface area contributed by atoms with E-state index in [2.05, 4.69) is 0 Å². The molecule has 0 heterocycles. The lowest BCUT2D eigenvalue weighted by atomic mass is 10.2. The first-order valence-corrected chi connectivity index (χ1v) is 6.88. The van der Waals surface area contributed by atoms with Crippen LogP contribution in [0.25, 0.3) is 0 Å². The molecule has 2 aromatic rings. The summed E-state index contributed by atoms with van der Waals surface area (Å²) in [5.41, 5.74) is 7.83. The van der Waals surface area contributed by atoms with Crippen LogP contribution >= 0.6 is 11.8 Å². The molecule has 0 aliphatic heterocycles. The summed E-state index contributed by atoms with van der Waals surface area (Å²) in [5, 5.41) is 10.5. The van der Waals surface area contributed by atoms with Gasteiger partial charge in [-0.25, -0.2) is 0 Å². The molecule has 2 N–H and O–H groups in total. The Labute approximate surface area is 119 Å². The first-order chi connectivity index (χ1) is 9.49. The van der Waals surface area contributed by atoms with Gasteiger partial charge in [-0.05, 0) is 30.2 Å². The van der Waals surface area contributed by atoms with Crippen molar-refractivity contribution in [3.05, 3.63) is 63.5 Å². The van der Waals surface area contributed by atoms with Crippen molar-refractivity contribution in [2.24, 2.45) is 0 Å². The fraction of sp³-hybridized carbons (Fsp3) is 0.143. The highest BCUT2D eigenvalue weighted by Gasteiger charge is 2.14. The molecule has 20 heavy (non-hydrogen) atoms. The standard InChI is InChI=1S/C14H13FN2O2S/c1-9-3-2-4-13(14(9)16)20-8-10-5-6-12(17(18)19)11(15)7-10/h2-7H,8,16H2,1H3. The molecule has 0 unspecified atom stereocenters. The summed E-state index contributed by atoms with van der Waals surface area (Å²) in [6, 6.07) is 9.66. The summed E-state index contributed by atoms with van der Waals surface area (Å²) in [7, 11) is 0. The van der Waals surface area contributed by atoms with Crippen molar-refractivity contribution in [2.45, 2.75) is 17.6 Å². The van der Waals surface area contributed by atoms with E-state index in [0.29, 0.717) is 17.0 Å². The Balaban J connectivity index is 2.13. The van der Waals surface area contributed by atoms with E-state index < -0.39 is 16.4 Å². The Morgan fingerprint density at radius 1 is 1.35 bits per heavy atom. The van der Waals surface area contributed by atoms with Gasteiger partial charge in [-0.15, -0.1) is 11.8 Å². The molecule has 0 amide bonds. The SMILES string of the molecule is Cc1cccc(SCc2ccc([N+](=O)[O-])c(F)c2)c1N. The normalized spacial score (nSPS) is 10.5. The summed E-state index contributed by atoms with van der Waals surface area (Å²) >= 11 is 1.48. The molecule has 0 saturated carbocycles. The van der Waals surface area contributed by atoms with Gasteiger partial charge in [-0.3, -0.25) is 10.1 Å². The number of nitrogens with two attached hydrogens (primary N) is 1. The predicted octanol–water partition coefficient (Wildman–Crippen LogP) is 3.92. The summed E-state index contributed by atoms with van der Waals surface area (Å²) in [6.45, 7) is 1.92. The maximum Gasteiger partial charge on any atom is 0.304 e. The Kier molecular flexibility index (Phi) is 4.24. The van der Waals surface area contributed by atoms with Gasteiger partial charge in [0.25, 0.3) is 0 Å². The maximum atomic E-state index is 13.5. The second kappa shape index (κ2) is 5.92. The average Bonchev–Trinajstić information content (AvgIpc) is 2.40. The van der Waals surface area contributed by atoms with Gasteiger partial charge in [0.2, 0.25) is 5.82 Å². The van der Waals surface area contributed by atoms with Crippen molar-refractivity contribution in [2.75, 3.05) is 5.73 Å². The minimum atomic E-state index is -0.815. The van der Waals surface area contributed by atoms with Gasteiger partial charge in [0.1, 0.15) is 0 Å². The number of hydrogen-bond acceptors (Lipinski definition) is 4. The van der Waals surface area contributed by atoms with Gasteiger partial charge in [0.15, 0.2) is 0 Å². The van der Waals surface area contributed by atoms with Crippen molar-refractivity contribution in [1.29, 1.82) is 0 Å². The second-order valence-electron chi connectivity index (χ2n) is 4.32. The van der Waals surface area contributed by atoms with Crippen LogP contribution in [0.15, 0.2) is 41.3 Å². The van der Waals surface area contributed by atoms with Crippen LogP contribution in [0.1, 0.15) is 11.1 Å². The van der Waals surface area contributed by atoms with E-state index in [0.717, 1.165) is 10.5 Å². The van der Waals surface area contributed by atoms with Crippen LogP contribution in [0, 0.1) is 22.9 Å². The number of nitro benzene ring substituents is 1. The number of nitrogen functional groups attached to an aromatic ring is 1. The van der Waals surface area contributed by atoms with Crippen LogP contribution in [0.4, 0.5) is 15.8 Å². The van der Waals surface area contributed by atoms with Crippen molar-refractivity contribution >= 4 is 23.1 Å². The lowest BCUT2D eigenvalue weighted by Gasteiger charge is -2.08. The van der Waals surface area contributed by atoms with Crippen LogP contribution in [0.5, 0.6) is 0 Å². The quantitative estimate of drug-likeness (QED) is 0.401. The molecule has 0 saturated heterocycles. The predicted molar refractivity (Wildman–Crippen MR) is 78.2 cm³/mol.